The zero-order valence-electron chi connectivity index (χ0n) is 25.2. The molecule has 0 saturated heterocycles. The molecule has 1 aliphatic carbocycles. The molecule has 1 aliphatic rings. The van der Waals surface area contributed by atoms with Crippen molar-refractivity contribution in [3.63, 3.8) is 0 Å². The molecule has 0 spiro atoms. The monoisotopic (exact) mass is 637 g/mol. The van der Waals surface area contributed by atoms with Gasteiger partial charge in [0.05, 0.1) is 76.2 Å². The molecule has 6 radical (unpaired) electrons. The molecule has 234 valence electrons. The molecule has 0 aliphatic heterocycles. The third-order valence-corrected chi connectivity index (χ3v) is 8.73. The van der Waals surface area contributed by atoms with E-state index >= 15 is 4.39 Å². The number of alkyl carbamates (subject to hydrolysis) is 1. The van der Waals surface area contributed by atoms with Crippen molar-refractivity contribution in [3.8, 4) is 22.4 Å². The number of hydrogen-bond donors (Lipinski definition) is 2. The van der Waals surface area contributed by atoms with Gasteiger partial charge < -0.3 is 15.0 Å². The normalized spacial score (nSPS) is 17.1. The predicted molar refractivity (Wildman–Crippen MR) is 170 cm³/mol. The number of alkyl halides is 2. The molecule has 1 amide bonds. The highest BCUT2D eigenvalue weighted by Crippen LogP contribution is 2.43. The Kier molecular flexibility index (Phi) is 7.28. The summed E-state index contributed by atoms with van der Waals surface area (Å²) in [5.74, 6) is -0.927. The number of imidazole rings is 1. The lowest BCUT2D eigenvalue weighted by atomic mass is 9.49. The van der Waals surface area contributed by atoms with E-state index < -0.39 is 30.2 Å². The number of rotatable bonds is 7. The zero-order chi connectivity index (χ0) is 33.4. The summed E-state index contributed by atoms with van der Waals surface area (Å²) in [7, 11) is 20.3. The first kappa shape index (κ1) is 30.8. The second-order valence-corrected chi connectivity index (χ2v) is 11.8. The minimum Gasteiger partial charge on any atom is -0.453 e. The number of carbonyl (C=O) groups is 1. The fourth-order valence-electron chi connectivity index (χ4n) is 6.59. The molecular formula is C29H25B3F3N9O3. The smallest absolute Gasteiger partial charge is 0.407 e. The minimum absolute atomic E-state index is 0.0293. The topological polar surface area (TPSA) is 130 Å². The average molecular weight is 637 g/mol. The molecule has 12 nitrogen and oxygen atoms in total. The fourth-order valence-corrected chi connectivity index (χ4v) is 6.59. The van der Waals surface area contributed by atoms with Crippen LogP contribution in [0.25, 0.3) is 55.4 Å². The summed E-state index contributed by atoms with van der Waals surface area (Å²) >= 11 is 0. The van der Waals surface area contributed by atoms with Gasteiger partial charge in [-0.1, -0.05) is 6.07 Å². The number of aryl methyl sites for hydroxylation is 1. The molecule has 5 heterocycles. The van der Waals surface area contributed by atoms with Crippen molar-refractivity contribution < 1.29 is 22.7 Å². The fraction of sp³-hybridized carbons (Fsp3) is 0.345. The van der Waals surface area contributed by atoms with Gasteiger partial charge in [-0.2, -0.15) is 9.49 Å². The quantitative estimate of drug-likeness (QED) is 0.259. The van der Waals surface area contributed by atoms with Crippen LogP contribution in [0.15, 0.2) is 41.6 Å². The lowest BCUT2D eigenvalue weighted by Gasteiger charge is -2.20. The number of fused-ring (bicyclic) bond motifs is 4. The van der Waals surface area contributed by atoms with Gasteiger partial charge in [-0.15, -0.1) is 5.10 Å². The van der Waals surface area contributed by atoms with Crippen LogP contribution >= 0.6 is 0 Å². The number of methoxy groups -OCH3 is 1. The van der Waals surface area contributed by atoms with Crippen LogP contribution in [0.5, 0.6) is 0 Å². The number of benzene rings is 1. The van der Waals surface area contributed by atoms with E-state index in [0.29, 0.717) is 63.4 Å². The van der Waals surface area contributed by atoms with Crippen LogP contribution in [0.4, 0.5) is 18.0 Å². The van der Waals surface area contributed by atoms with Gasteiger partial charge in [0.25, 0.3) is 6.43 Å². The highest BCUT2D eigenvalue weighted by Gasteiger charge is 2.33. The summed E-state index contributed by atoms with van der Waals surface area (Å²) in [6.07, 6.45) is 2.79. The molecule has 0 bridgehead atoms. The third-order valence-electron chi connectivity index (χ3n) is 8.73. The first-order chi connectivity index (χ1) is 22.3. The van der Waals surface area contributed by atoms with E-state index in [2.05, 4.69) is 25.5 Å². The summed E-state index contributed by atoms with van der Waals surface area (Å²) in [5.41, 5.74) is 2.79. The summed E-state index contributed by atoms with van der Waals surface area (Å²) in [4.78, 5) is 33.6. The molecule has 1 aromatic carbocycles. The van der Waals surface area contributed by atoms with Gasteiger partial charge in [0.1, 0.15) is 12.2 Å². The number of hydrogen-bond acceptors (Lipinski definition) is 6. The average Bonchev–Trinajstić information content (AvgIpc) is 3.83. The van der Waals surface area contributed by atoms with Crippen LogP contribution in [0.3, 0.4) is 0 Å². The second kappa shape index (κ2) is 11.1. The van der Waals surface area contributed by atoms with Gasteiger partial charge in [0.15, 0.2) is 0 Å². The highest BCUT2D eigenvalue weighted by atomic mass is 19.3. The first-order valence-corrected chi connectivity index (χ1v) is 14.7. The van der Waals surface area contributed by atoms with E-state index in [9.17, 15) is 18.4 Å². The van der Waals surface area contributed by atoms with E-state index in [1.807, 2.05) is 0 Å². The number of ether oxygens (including phenoxy) is 1. The van der Waals surface area contributed by atoms with Crippen molar-refractivity contribution in [3.05, 3.63) is 53.2 Å². The first-order valence-electron chi connectivity index (χ1n) is 14.7. The molecule has 6 aromatic rings. The lowest BCUT2D eigenvalue weighted by molar-refractivity contribution is 0.123. The molecule has 18 heteroatoms. The number of aromatic amines is 1. The number of halogens is 3. The Balaban J connectivity index is 1.51. The molecule has 5 aromatic heterocycles. The predicted octanol–water partition coefficient (Wildman–Crippen LogP) is 3.02. The molecule has 1 fully saturated rings. The Labute approximate surface area is 268 Å². The maximum Gasteiger partial charge on any atom is 0.407 e. The van der Waals surface area contributed by atoms with E-state index in [1.165, 1.54) is 28.8 Å². The van der Waals surface area contributed by atoms with Crippen molar-refractivity contribution in [1.82, 2.24) is 44.0 Å². The number of amides is 1. The highest BCUT2D eigenvalue weighted by molar-refractivity contribution is 6.56. The second-order valence-electron chi connectivity index (χ2n) is 11.8. The molecule has 2 atom stereocenters. The Bertz CT molecular complexity index is 2250. The molecule has 1 saturated carbocycles. The van der Waals surface area contributed by atoms with Crippen molar-refractivity contribution in [2.24, 2.45) is 7.05 Å². The Morgan fingerprint density at radius 3 is 2.70 bits per heavy atom. The number of nitrogens with zero attached hydrogens (tertiary/aromatic N) is 7. The van der Waals surface area contributed by atoms with Gasteiger partial charge in [-0.25, -0.2) is 23.4 Å². The van der Waals surface area contributed by atoms with Crippen molar-refractivity contribution in [2.75, 3.05) is 7.11 Å². The van der Waals surface area contributed by atoms with Crippen molar-refractivity contribution in [1.29, 1.82) is 0 Å². The van der Waals surface area contributed by atoms with Crippen LogP contribution in [0.2, 0.25) is 0 Å². The summed E-state index contributed by atoms with van der Waals surface area (Å²) in [5, 5.41) is 9.79. The maximum atomic E-state index is 15.6. The SMILES string of the molecule is [B]C([B])([B])n1cc(-c2[nH]c3ncc4c(c3c2-c2ccc3c(cnn3CC(F)F)c2)n([C@@H]2CC[C@@H](NC(=O)OC)C2)c(=O)n4C)c(F)n1. The van der Waals surface area contributed by atoms with Crippen molar-refractivity contribution >= 4 is 62.6 Å². The van der Waals surface area contributed by atoms with Gasteiger partial charge in [-0.3, -0.25) is 18.5 Å². The Morgan fingerprint density at radius 1 is 1.21 bits per heavy atom. The number of aromatic nitrogens is 8. The van der Waals surface area contributed by atoms with E-state index in [-0.39, 0.29) is 29.0 Å². The maximum absolute atomic E-state index is 15.6. The van der Waals surface area contributed by atoms with E-state index in [1.54, 1.807) is 36.0 Å². The lowest BCUT2D eigenvalue weighted by Crippen LogP contribution is -2.35. The minimum atomic E-state index is -2.61. The Hall–Kier alpha value is -4.89. The summed E-state index contributed by atoms with van der Waals surface area (Å²) in [6.45, 7) is -0.585. The third kappa shape index (κ3) is 5.09. The van der Waals surface area contributed by atoms with Crippen LogP contribution in [-0.2, 0) is 23.6 Å². The number of carbonyl (C=O) groups excluding carboxylic acids is 1. The zero-order valence-corrected chi connectivity index (χ0v) is 25.2. The van der Waals surface area contributed by atoms with Gasteiger partial charge >= 0.3 is 11.8 Å². The molecular weight excluding hydrogens is 612 g/mol. The van der Waals surface area contributed by atoms with Crippen LogP contribution in [0, 0.1) is 5.95 Å². The van der Waals surface area contributed by atoms with Crippen LogP contribution < -0.4 is 11.0 Å². The molecule has 7 rings (SSSR count). The van der Waals surface area contributed by atoms with Gasteiger partial charge in [-0.05, 0) is 42.2 Å². The number of pyridine rings is 1. The van der Waals surface area contributed by atoms with E-state index in [4.69, 9.17) is 28.3 Å². The Morgan fingerprint density at radius 2 is 2.00 bits per heavy atom. The molecule has 2 N–H and O–H groups in total. The van der Waals surface area contributed by atoms with Crippen molar-refractivity contribution in [2.45, 2.75) is 49.6 Å². The summed E-state index contributed by atoms with van der Waals surface area (Å²) in [6, 6.07) is 4.58. The van der Waals surface area contributed by atoms with Crippen LogP contribution in [-0.4, -0.2) is 87.9 Å². The van der Waals surface area contributed by atoms with Gasteiger partial charge in [0, 0.05) is 36.3 Å². The molecule has 47 heavy (non-hydrogen) atoms. The number of nitrogens with one attached hydrogen (secondary N) is 2. The summed E-state index contributed by atoms with van der Waals surface area (Å²) < 4.78 is 52.1. The van der Waals surface area contributed by atoms with Gasteiger partial charge in [0.2, 0.25) is 5.95 Å². The largest absolute Gasteiger partial charge is 0.453 e. The van der Waals surface area contributed by atoms with Crippen LogP contribution in [0.1, 0.15) is 25.3 Å². The standard InChI is InChI=1S/C29H25B3F3N9O3/c1-41-19-10-36-26-22(24(19)44(28(41)46)16-5-4-15(8-16)38-27(45)47-2)21(23(39-26)17-11-43(29(30,31)32)40-25(17)35)13-3-6-18-14(7-13)9-37-42(18)12-20(33)34/h3,6-7,9-11,15-16,20H,4-5,8,12H2,1-2H3,(H,36,39)(H,38,45)/t15-,16-/m1/s1. The van der Waals surface area contributed by atoms with E-state index in [0.717, 1.165) is 4.68 Å². The molecule has 0 unspecified atom stereocenters. The number of H-pyrrole nitrogens is 1.